The molecule has 1 heterocycles. The van der Waals surface area contributed by atoms with Crippen molar-refractivity contribution in [2.24, 2.45) is 4.99 Å². The first-order valence-corrected chi connectivity index (χ1v) is 10.1. The lowest BCUT2D eigenvalue weighted by Crippen LogP contribution is -2.31. The molecule has 0 saturated carbocycles. The second-order valence-electron chi connectivity index (χ2n) is 6.62. The Bertz CT molecular complexity index is 953. The lowest BCUT2D eigenvalue weighted by molar-refractivity contribution is 0.311. The van der Waals surface area contributed by atoms with Gasteiger partial charge in [0, 0.05) is 37.7 Å². The van der Waals surface area contributed by atoms with Crippen LogP contribution in [0, 0.1) is 0 Å². The first-order chi connectivity index (χ1) is 14.7. The number of guanidine groups is 1. The summed E-state index contributed by atoms with van der Waals surface area (Å²) in [6, 6.07) is 16.2. The summed E-state index contributed by atoms with van der Waals surface area (Å²) in [5.41, 5.74) is 2.17. The van der Waals surface area contributed by atoms with Crippen molar-refractivity contribution in [3.8, 4) is 11.5 Å². The molecule has 0 aliphatic rings. The molecule has 7 nitrogen and oxygen atoms in total. The van der Waals surface area contributed by atoms with Crippen molar-refractivity contribution in [2.75, 3.05) is 26.1 Å². The van der Waals surface area contributed by atoms with Gasteiger partial charge in [0.2, 0.25) is 0 Å². The van der Waals surface area contributed by atoms with Crippen LogP contribution in [0.1, 0.15) is 18.3 Å². The Labute approximate surface area is 177 Å². The Kier molecular flexibility index (Phi) is 7.71. The van der Waals surface area contributed by atoms with E-state index in [-0.39, 0.29) is 0 Å². The number of rotatable bonds is 9. The summed E-state index contributed by atoms with van der Waals surface area (Å²) in [5, 5.41) is 6.61. The van der Waals surface area contributed by atoms with Crippen LogP contribution in [0.25, 0.3) is 0 Å². The summed E-state index contributed by atoms with van der Waals surface area (Å²) in [5.74, 6) is 3.00. The number of anilines is 1. The molecular formula is C23H29N5O2. The van der Waals surface area contributed by atoms with E-state index in [0.29, 0.717) is 30.6 Å². The molecule has 0 unspecified atom stereocenters. The lowest BCUT2D eigenvalue weighted by atomic mass is 10.1. The number of aryl methyl sites for hydroxylation is 2. The van der Waals surface area contributed by atoms with Crippen LogP contribution in [-0.2, 0) is 19.5 Å². The number of aromatic nitrogens is 2. The molecule has 0 amide bonds. The van der Waals surface area contributed by atoms with Gasteiger partial charge in [0.15, 0.2) is 17.5 Å². The third-order valence-electron chi connectivity index (χ3n) is 4.65. The molecule has 3 rings (SSSR count). The van der Waals surface area contributed by atoms with Gasteiger partial charge < -0.3 is 24.7 Å². The second-order valence-corrected chi connectivity index (χ2v) is 6.62. The van der Waals surface area contributed by atoms with Crippen molar-refractivity contribution in [3.63, 3.8) is 0 Å². The second kappa shape index (κ2) is 10.9. The fourth-order valence-electron chi connectivity index (χ4n) is 3.11. The van der Waals surface area contributed by atoms with Crippen LogP contribution >= 0.6 is 0 Å². The third-order valence-corrected chi connectivity index (χ3v) is 4.65. The van der Waals surface area contributed by atoms with E-state index in [1.807, 2.05) is 43.6 Å². The van der Waals surface area contributed by atoms with Gasteiger partial charge in [0.1, 0.15) is 5.82 Å². The van der Waals surface area contributed by atoms with Crippen molar-refractivity contribution in [1.29, 1.82) is 0 Å². The molecule has 0 spiro atoms. The van der Waals surface area contributed by atoms with Crippen molar-refractivity contribution in [3.05, 3.63) is 72.3 Å². The van der Waals surface area contributed by atoms with E-state index in [1.165, 1.54) is 5.56 Å². The van der Waals surface area contributed by atoms with Crippen molar-refractivity contribution < 1.29 is 9.47 Å². The smallest absolute Gasteiger partial charge is 0.195 e. The molecule has 0 aliphatic carbocycles. The van der Waals surface area contributed by atoms with Gasteiger partial charge in [0.25, 0.3) is 0 Å². The minimum absolute atomic E-state index is 0.565. The maximum Gasteiger partial charge on any atom is 0.195 e. The number of hydrogen-bond acceptors (Lipinski definition) is 4. The molecule has 1 aromatic heterocycles. The van der Waals surface area contributed by atoms with Gasteiger partial charge in [-0.3, -0.25) is 4.99 Å². The van der Waals surface area contributed by atoms with Gasteiger partial charge in [-0.25, -0.2) is 4.98 Å². The fraction of sp³-hybridized carbons (Fsp3) is 0.304. The summed E-state index contributed by atoms with van der Waals surface area (Å²) < 4.78 is 13.1. The standard InChI is InChI=1S/C23H29N5O2/c1-4-30-21-16-19(10-11-20(21)29-3)27-23(24-2)26-17-22-25-13-15-28(22)14-12-18-8-6-5-7-9-18/h5-11,13,15-16H,4,12,14,17H2,1-3H3,(H2,24,26,27). The molecule has 0 saturated heterocycles. The van der Waals surface area contributed by atoms with Gasteiger partial charge in [0.05, 0.1) is 20.3 Å². The van der Waals surface area contributed by atoms with Crippen LogP contribution in [0.15, 0.2) is 65.9 Å². The van der Waals surface area contributed by atoms with Crippen molar-refractivity contribution in [2.45, 2.75) is 26.4 Å². The van der Waals surface area contributed by atoms with E-state index in [2.05, 4.69) is 49.4 Å². The molecular weight excluding hydrogens is 378 g/mol. The zero-order valence-corrected chi connectivity index (χ0v) is 17.8. The molecule has 0 aliphatic heterocycles. The van der Waals surface area contributed by atoms with Crippen LogP contribution in [-0.4, -0.2) is 36.3 Å². The molecule has 158 valence electrons. The average Bonchev–Trinajstić information content (AvgIpc) is 3.23. The molecule has 0 fully saturated rings. The average molecular weight is 408 g/mol. The minimum Gasteiger partial charge on any atom is -0.493 e. The molecule has 3 aromatic rings. The summed E-state index contributed by atoms with van der Waals surface area (Å²) in [6.07, 6.45) is 4.80. The Balaban J connectivity index is 1.59. The summed E-state index contributed by atoms with van der Waals surface area (Å²) in [7, 11) is 3.37. The molecule has 0 atom stereocenters. The van der Waals surface area contributed by atoms with Crippen molar-refractivity contribution in [1.82, 2.24) is 14.9 Å². The number of benzene rings is 2. The number of hydrogen-bond donors (Lipinski definition) is 2. The summed E-state index contributed by atoms with van der Waals surface area (Å²) >= 11 is 0. The van der Waals surface area contributed by atoms with Crippen molar-refractivity contribution >= 4 is 11.6 Å². The predicted octanol–water partition coefficient (Wildman–Crippen LogP) is 3.72. The highest BCUT2D eigenvalue weighted by Crippen LogP contribution is 2.30. The van der Waals surface area contributed by atoms with E-state index in [1.54, 1.807) is 14.2 Å². The molecule has 0 radical (unpaired) electrons. The van der Waals surface area contributed by atoms with Crippen LogP contribution in [0.4, 0.5) is 5.69 Å². The predicted molar refractivity (Wildman–Crippen MR) is 120 cm³/mol. The van der Waals surface area contributed by atoms with E-state index in [9.17, 15) is 0 Å². The minimum atomic E-state index is 0.565. The molecule has 2 N–H and O–H groups in total. The normalized spacial score (nSPS) is 11.2. The highest BCUT2D eigenvalue weighted by atomic mass is 16.5. The first kappa shape index (κ1) is 21.2. The highest BCUT2D eigenvalue weighted by molar-refractivity contribution is 5.93. The Hall–Kier alpha value is -3.48. The number of nitrogens with zero attached hydrogens (tertiary/aromatic N) is 3. The van der Waals surface area contributed by atoms with Gasteiger partial charge in [-0.2, -0.15) is 0 Å². The van der Waals surface area contributed by atoms with E-state index in [4.69, 9.17) is 9.47 Å². The highest BCUT2D eigenvalue weighted by Gasteiger charge is 2.08. The van der Waals surface area contributed by atoms with Crippen LogP contribution in [0.5, 0.6) is 11.5 Å². The number of nitrogens with one attached hydrogen (secondary N) is 2. The van der Waals surface area contributed by atoms with E-state index in [0.717, 1.165) is 24.5 Å². The van der Waals surface area contributed by atoms with Gasteiger partial charge in [-0.1, -0.05) is 30.3 Å². The Morgan fingerprint density at radius 2 is 1.97 bits per heavy atom. The molecule has 0 bridgehead atoms. The van der Waals surface area contributed by atoms with Crippen LogP contribution in [0.2, 0.25) is 0 Å². The Morgan fingerprint density at radius 3 is 2.70 bits per heavy atom. The van der Waals surface area contributed by atoms with E-state index < -0.39 is 0 Å². The molecule has 2 aromatic carbocycles. The van der Waals surface area contributed by atoms with Gasteiger partial charge in [-0.15, -0.1) is 0 Å². The summed E-state index contributed by atoms with van der Waals surface area (Å²) in [4.78, 5) is 8.79. The monoisotopic (exact) mass is 407 g/mol. The molecule has 7 heteroatoms. The zero-order chi connectivity index (χ0) is 21.2. The molecule has 30 heavy (non-hydrogen) atoms. The number of ether oxygens (including phenoxy) is 2. The summed E-state index contributed by atoms with van der Waals surface area (Å²) in [6.45, 7) is 3.96. The largest absolute Gasteiger partial charge is 0.493 e. The quantitative estimate of drug-likeness (QED) is 0.418. The van der Waals surface area contributed by atoms with Crippen LogP contribution in [0.3, 0.4) is 0 Å². The fourth-order valence-corrected chi connectivity index (χ4v) is 3.11. The maximum atomic E-state index is 5.64. The SMILES string of the molecule is CCOc1cc(NC(=NC)NCc2nccn2CCc2ccccc2)ccc1OC. The van der Waals surface area contributed by atoms with Gasteiger partial charge >= 0.3 is 0 Å². The lowest BCUT2D eigenvalue weighted by Gasteiger charge is -2.15. The zero-order valence-electron chi connectivity index (χ0n) is 17.8. The van der Waals surface area contributed by atoms with Crippen LogP contribution < -0.4 is 20.1 Å². The van der Waals surface area contributed by atoms with Gasteiger partial charge in [-0.05, 0) is 31.0 Å². The first-order valence-electron chi connectivity index (χ1n) is 10.1. The number of methoxy groups -OCH3 is 1. The maximum absolute atomic E-state index is 5.64. The number of imidazole rings is 1. The Morgan fingerprint density at radius 1 is 1.13 bits per heavy atom. The number of aliphatic imine (C=N–C) groups is 1. The third kappa shape index (κ3) is 5.76. The topological polar surface area (TPSA) is 72.7 Å². The van der Waals surface area contributed by atoms with E-state index >= 15 is 0 Å².